The average molecular weight is 399 g/mol. The molecular formula is C20H21N3O4S. The second-order valence-corrected chi connectivity index (χ2v) is 7.80. The number of hydrogen-bond donors (Lipinski definition) is 1. The van der Waals surface area contributed by atoms with E-state index in [0.29, 0.717) is 18.0 Å². The van der Waals surface area contributed by atoms with Crippen molar-refractivity contribution in [2.24, 2.45) is 0 Å². The van der Waals surface area contributed by atoms with Crippen molar-refractivity contribution in [1.82, 2.24) is 10.3 Å². The molecule has 0 aliphatic carbocycles. The first-order chi connectivity index (χ1) is 13.7. The zero-order valence-electron chi connectivity index (χ0n) is 15.2. The normalized spacial score (nSPS) is 21.4. The molecular weight excluding hydrogens is 378 g/mol. The van der Waals surface area contributed by atoms with Crippen LogP contribution in [-0.2, 0) is 4.74 Å². The van der Waals surface area contributed by atoms with E-state index in [1.165, 1.54) is 6.20 Å². The monoisotopic (exact) mass is 399 g/mol. The van der Waals surface area contributed by atoms with Gasteiger partial charge in [-0.1, -0.05) is 18.2 Å². The molecule has 7 nitrogen and oxygen atoms in total. The molecule has 1 aromatic carbocycles. The second-order valence-electron chi connectivity index (χ2n) is 6.65. The molecule has 2 aliphatic rings. The summed E-state index contributed by atoms with van der Waals surface area (Å²) in [5.41, 5.74) is 1.22. The van der Waals surface area contributed by atoms with Crippen LogP contribution in [0.5, 0.6) is 5.88 Å². The molecule has 3 heterocycles. The highest BCUT2D eigenvalue weighted by atomic mass is 32.2. The van der Waals surface area contributed by atoms with Crippen LogP contribution >= 0.6 is 11.8 Å². The van der Waals surface area contributed by atoms with Crippen molar-refractivity contribution in [3.63, 3.8) is 0 Å². The highest BCUT2D eigenvalue weighted by Crippen LogP contribution is 2.22. The SMILES string of the molecule is O=C(NCC1CN(c2ccccc2)C(=O)O1)c1ccc(OC2CCSC2)nc1. The number of benzene rings is 1. The molecule has 0 spiro atoms. The maximum absolute atomic E-state index is 12.3. The van der Waals surface area contributed by atoms with Crippen molar-refractivity contribution in [3.8, 4) is 5.88 Å². The number of para-hydroxylation sites is 1. The number of ether oxygens (including phenoxy) is 2. The van der Waals surface area contributed by atoms with Gasteiger partial charge in [-0.3, -0.25) is 9.69 Å². The number of pyridine rings is 1. The first-order valence-corrected chi connectivity index (χ1v) is 10.4. The van der Waals surface area contributed by atoms with Gasteiger partial charge in [0, 0.05) is 23.7 Å². The summed E-state index contributed by atoms with van der Waals surface area (Å²) >= 11 is 1.87. The summed E-state index contributed by atoms with van der Waals surface area (Å²) in [6.07, 6.45) is 1.92. The molecule has 28 heavy (non-hydrogen) atoms. The van der Waals surface area contributed by atoms with E-state index in [1.54, 1.807) is 17.0 Å². The number of rotatable bonds is 6. The first kappa shape index (κ1) is 18.6. The van der Waals surface area contributed by atoms with E-state index in [-0.39, 0.29) is 18.6 Å². The number of anilines is 1. The van der Waals surface area contributed by atoms with E-state index in [2.05, 4.69) is 10.3 Å². The summed E-state index contributed by atoms with van der Waals surface area (Å²) in [6.45, 7) is 0.638. The Morgan fingerprint density at radius 1 is 1.29 bits per heavy atom. The molecule has 0 saturated carbocycles. The maximum Gasteiger partial charge on any atom is 0.414 e. The van der Waals surface area contributed by atoms with Crippen LogP contribution in [0.15, 0.2) is 48.7 Å². The van der Waals surface area contributed by atoms with E-state index in [9.17, 15) is 9.59 Å². The molecule has 2 amide bonds. The zero-order valence-corrected chi connectivity index (χ0v) is 16.1. The molecule has 8 heteroatoms. The van der Waals surface area contributed by atoms with Crippen molar-refractivity contribution in [3.05, 3.63) is 54.2 Å². The van der Waals surface area contributed by atoms with Crippen molar-refractivity contribution >= 4 is 29.4 Å². The highest BCUT2D eigenvalue weighted by Gasteiger charge is 2.32. The van der Waals surface area contributed by atoms with Gasteiger partial charge < -0.3 is 14.8 Å². The van der Waals surface area contributed by atoms with Gasteiger partial charge in [-0.25, -0.2) is 9.78 Å². The number of cyclic esters (lactones) is 1. The number of nitrogens with zero attached hydrogens (tertiary/aromatic N) is 2. The first-order valence-electron chi connectivity index (χ1n) is 9.21. The summed E-state index contributed by atoms with van der Waals surface area (Å²) in [5.74, 6) is 2.36. The van der Waals surface area contributed by atoms with Crippen LogP contribution in [-0.4, -0.2) is 53.8 Å². The number of carbonyl (C=O) groups is 2. The predicted molar refractivity (Wildman–Crippen MR) is 107 cm³/mol. The zero-order chi connectivity index (χ0) is 19.3. The van der Waals surface area contributed by atoms with Crippen LogP contribution in [0.3, 0.4) is 0 Å². The quantitative estimate of drug-likeness (QED) is 0.805. The van der Waals surface area contributed by atoms with Crippen LogP contribution in [0.2, 0.25) is 0 Å². The summed E-state index contributed by atoms with van der Waals surface area (Å²) in [5, 5.41) is 2.80. The van der Waals surface area contributed by atoms with Crippen LogP contribution in [0.4, 0.5) is 10.5 Å². The molecule has 2 aromatic rings. The number of hydrogen-bond acceptors (Lipinski definition) is 6. The van der Waals surface area contributed by atoms with Gasteiger partial charge in [0.1, 0.15) is 12.2 Å². The van der Waals surface area contributed by atoms with Gasteiger partial charge >= 0.3 is 6.09 Å². The molecule has 0 bridgehead atoms. The lowest BCUT2D eigenvalue weighted by atomic mass is 10.2. The lowest BCUT2D eigenvalue weighted by molar-refractivity contribution is 0.0915. The van der Waals surface area contributed by atoms with Crippen molar-refractivity contribution in [1.29, 1.82) is 0 Å². The van der Waals surface area contributed by atoms with Crippen molar-refractivity contribution in [2.45, 2.75) is 18.6 Å². The van der Waals surface area contributed by atoms with Gasteiger partial charge in [-0.15, -0.1) is 0 Å². The third-order valence-corrected chi connectivity index (χ3v) is 5.74. The molecule has 1 aromatic heterocycles. The summed E-state index contributed by atoms with van der Waals surface area (Å²) in [6, 6.07) is 12.7. The fraction of sp³-hybridized carbons (Fsp3) is 0.350. The van der Waals surface area contributed by atoms with Crippen LogP contribution in [0.25, 0.3) is 0 Å². The van der Waals surface area contributed by atoms with E-state index in [4.69, 9.17) is 9.47 Å². The maximum atomic E-state index is 12.3. The van der Waals surface area contributed by atoms with E-state index >= 15 is 0 Å². The third kappa shape index (κ3) is 4.39. The van der Waals surface area contributed by atoms with E-state index in [1.807, 2.05) is 42.1 Å². The molecule has 1 N–H and O–H groups in total. The summed E-state index contributed by atoms with van der Waals surface area (Å²) < 4.78 is 11.1. The number of carbonyl (C=O) groups excluding carboxylic acids is 2. The Hall–Kier alpha value is -2.74. The lowest BCUT2D eigenvalue weighted by Crippen LogP contribution is -2.34. The fourth-order valence-corrected chi connectivity index (χ4v) is 4.21. The van der Waals surface area contributed by atoms with Crippen LogP contribution in [0.1, 0.15) is 16.8 Å². The molecule has 2 saturated heterocycles. The molecule has 146 valence electrons. The molecule has 2 unspecified atom stereocenters. The number of aromatic nitrogens is 1. The fourth-order valence-electron chi connectivity index (χ4n) is 3.12. The van der Waals surface area contributed by atoms with Gasteiger partial charge in [0.25, 0.3) is 5.91 Å². The Bertz CT molecular complexity index is 825. The predicted octanol–water partition coefficient (Wildman–Crippen LogP) is 2.72. The average Bonchev–Trinajstić information content (AvgIpc) is 3.37. The molecule has 2 atom stereocenters. The standard InChI is InChI=1S/C20H21N3O4S/c24-19(14-6-7-18(21-10-14)26-16-8-9-28-13-16)22-11-17-12-23(20(25)27-17)15-4-2-1-3-5-15/h1-7,10,16-17H,8-9,11-13H2,(H,22,24). The van der Waals surface area contributed by atoms with Crippen LogP contribution in [0, 0.1) is 0 Å². The highest BCUT2D eigenvalue weighted by molar-refractivity contribution is 7.99. The number of nitrogens with one attached hydrogen (secondary N) is 1. The number of amides is 2. The van der Waals surface area contributed by atoms with Crippen LogP contribution < -0.4 is 15.0 Å². The minimum Gasteiger partial charge on any atom is -0.473 e. The number of thioether (sulfide) groups is 1. The Morgan fingerprint density at radius 2 is 2.14 bits per heavy atom. The largest absolute Gasteiger partial charge is 0.473 e. The van der Waals surface area contributed by atoms with E-state index < -0.39 is 12.2 Å². The smallest absolute Gasteiger partial charge is 0.414 e. The second kappa shape index (κ2) is 8.52. The summed E-state index contributed by atoms with van der Waals surface area (Å²) in [4.78, 5) is 30.2. The van der Waals surface area contributed by atoms with E-state index in [0.717, 1.165) is 23.6 Å². The Morgan fingerprint density at radius 3 is 2.86 bits per heavy atom. The van der Waals surface area contributed by atoms with Gasteiger partial charge in [0.05, 0.1) is 18.7 Å². The lowest BCUT2D eigenvalue weighted by Gasteiger charge is -2.13. The Balaban J connectivity index is 1.28. The van der Waals surface area contributed by atoms with Gasteiger partial charge in [0.2, 0.25) is 5.88 Å². The van der Waals surface area contributed by atoms with Crippen molar-refractivity contribution in [2.75, 3.05) is 29.5 Å². The molecule has 0 radical (unpaired) electrons. The van der Waals surface area contributed by atoms with Gasteiger partial charge in [-0.05, 0) is 30.4 Å². The molecule has 4 rings (SSSR count). The van der Waals surface area contributed by atoms with Gasteiger partial charge in [-0.2, -0.15) is 11.8 Å². The van der Waals surface area contributed by atoms with Gasteiger partial charge in [0.15, 0.2) is 0 Å². The third-order valence-electron chi connectivity index (χ3n) is 4.61. The van der Waals surface area contributed by atoms with Crippen molar-refractivity contribution < 1.29 is 19.1 Å². The minimum absolute atomic E-state index is 0.196. The molecule has 2 fully saturated rings. The Kier molecular flexibility index (Phi) is 5.66. The molecule has 2 aliphatic heterocycles. The Labute approximate surface area is 167 Å². The summed E-state index contributed by atoms with van der Waals surface area (Å²) in [7, 11) is 0. The topological polar surface area (TPSA) is 80.8 Å². The minimum atomic E-state index is -0.404.